The van der Waals surface area contributed by atoms with Crippen molar-refractivity contribution < 1.29 is 8.63 Å². The minimum absolute atomic E-state index is 0.328. The minimum atomic E-state index is -1.12. The monoisotopic (exact) mass is 464 g/mol. The van der Waals surface area contributed by atoms with Gasteiger partial charge in [-0.15, -0.1) is 11.3 Å². The summed E-state index contributed by atoms with van der Waals surface area (Å²) in [6.45, 7) is 3.90. The second-order valence-corrected chi connectivity index (χ2v) is 10.1. The number of guanidine groups is 1. The first kappa shape index (κ1) is 21.0. The summed E-state index contributed by atoms with van der Waals surface area (Å²) >= 11 is 8.02. The standard InChI is InChI=1S/C19H21ClN6O2S2/c1-4-12-15(13-8-22-5-6-23-13)28-17(24-12)14-7-11(20)16(29-14)19(2)9-30(27)10-26(3)18(21)25-19/h5-8H,4,9-10H2,1-3H3,(H2,21,25). The van der Waals surface area contributed by atoms with E-state index in [-0.39, 0.29) is 0 Å². The van der Waals surface area contributed by atoms with Crippen molar-refractivity contribution in [1.29, 1.82) is 0 Å². The molecule has 0 aromatic carbocycles. The van der Waals surface area contributed by atoms with E-state index in [2.05, 4.69) is 19.9 Å². The highest BCUT2D eigenvalue weighted by Gasteiger charge is 2.36. The summed E-state index contributed by atoms with van der Waals surface area (Å²) in [6.07, 6.45) is 5.56. The predicted octanol–water partition coefficient (Wildman–Crippen LogP) is 3.26. The number of nitrogens with zero attached hydrogens (tertiary/aromatic N) is 5. The van der Waals surface area contributed by atoms with E-state index in [1.54, 1.807) is 30.5 Å². The van der Waals surface area contributed by atoms with Crippen LogP contribution in [0.15, 0.2) is 34.1 Å². The number of aryl methyl sites for hydroxylation is 1. The Hall–Kier alpha value is -2.30. The molecule has 2 unspecified atom stereocenters. The Morgan fingerprint density at radius 1 is 1.43 bits per heavy atom. The van der Waals surface area contributed by atoms with Crippen molar-refractivity contribution in [2.75, 3.05) is 18.7 Å². The molecule has 158 valence electrons. The van der Waals surface area contributed by atoms with Gasteiger partial charge in [0.05, 0.1) is 38.3 Å². The molecule has 1 aliphatic rings. The quantitative estimate of drug-likeness (QED) is 0.630. The molecule has 0 fully saturated rings. The lowest BCUT2D eigenvalue weighted by atomic mass is 10.0. The summed E-state index contributed by atoms with van der Waals surface area (Å²) in [5.74, 6) is 2.05. The van der Waals surface area contributed by atoms with Crippen molar-refractivity contribution in [3.63, 3.8) is 0 Å². The van der Waals surface area contributed by atoms with Crippen LogP contribution in [0.2, 0.25) is 5.02 Å². The Labute approximate surface area is 185 Å². The second-order valence-electron chi connectivity index (χ2n) is 7.18. The summed E-state index contributed by atoms with van der Waals surface area (Å²) in [5.41, 5.74) is 6.71. The highest BCUT2D eigenvalue weighted by Crippen LogP contribution is 2.43. The average Bonchev–Trinajstić information content (AvgIpc) is 3.29. The summed E-state index contributed by atoms with van der Waals surface area (Å²) in [6, 6.07) is 1.81. The molecule has 1 aliphatic heterocycles. The first-order valence-corrected chi connectivity index (χ1v) is 12.0. The largest absolute Gasteiger partial charge is 0.433 e. The van der Waals surface area contributed by atoms with Crippen LogP contribution in [-0.4, -0.2) is 48.7 Å². The van der Waals surface area contributed by atoms with Crippen LogP contribution in [0.3, 0.4) is 0 Å². The fourth-order valence-corrected chi connectivity index (χ4v) is 6.42. The maximum atomic E-state index is 12.5. The van der Waals surface area contributed by atoms with Gasteiger partial charge in [-0.05, 0) is 19.4 Å². The molecule has 0 bridgehead atoms. The van der Waals surface area contributed by atoms with Gasteiger partial charge in [-0.1, -0.05) is 18.5 Å². The maximum absolute atomic E-state index is 12.5. The van der Waals surface area contributed by atoms with Gasteiger partial charge < -0.3 is 15.1 Å². The van der Waals surface area contributed by atoms with Crippen LogP contribution in [0.1, 0.15) is 24.4 Å². The molecule has 4 heterocycles. The smallest absolute Gasteiger partial charge is 0.237 e. The van der Waals surface area contributed by atoms with E-state index in [4.69, 9.17) is 21.8 Å². The maximum Gasteiger partial charge on any atom is 0.237 e. The molecule has 3 aromatic heterocycles. The Balaban J connectivity index is 1.77. The number of halogens is 1. The van der Waals surface area contributed by atoms with E-state index in [1.807, 2.05) is 19.9 Å². The number of hydrogen-bond donors (Lipinski definition) is 1. The molecule has 0 amide bonds. The molecule has 30 heavy (non-hydrogen) atoms. The van der Waals surface area contributed by atoms with Crippen LogP contribution < -0.4 is 5.73 Å². The van der Waals surface area contributed by atoms with Gasteiger partial charge in [-0.2, -0.15) is 0 Å². The lowest BCUT2D eigenvalue weighted by molar-refractivity contribution is 0.551. The van der Waals surface area contributed by atoms with E-state index in [1.165, 1.54) is 11.3 Å². The molecule has 4 rings (SSSR count). The summed E-state index contributed by atoms with van der Waals surface area (Å²) in [5, 5.41) is 0.521. The van der Waals surface area contributed by atoms with E-state index >= 15 is 0 Å². The second kappa shape index (κ2) is 8.09. The van der Waals surface area contributed by atoms with Crippen LogP contribution >= 0.6 is 22.9 Å². The molecule has 3 aromatic rings. The lowest BCUT2D eigenvalue weighted by Crippen LogP contribution is -2.35. The van der Waals surface area contributed by atoms with Crippen molar-refractivity contribution in [2.45, 2.75) is 25.8 Å². The van der Waals surface area contributed by atoms with Crippen LogP contribution in [0.25, 0.3) is 22.2 Å². The molecule has 0 saturated carbocycles. The van der Waals surface area contributed by atoms with Gasteiger partial charge in [-0.25, -0.2) is 15.0 Å². The summed E-state index contributed by atoms with van der Waals surface area (Å²) < 4.78 is 18.6. The summed E-state index contributed by atoms with van der Waals surface area (Å²) in [4.78, 5) is 21.0. The number of oxazole rings is 1. The third-order valence-electron chi connectivity index (χ3n) is 4.75. The first-order chi connectivity index (χ1) is 14.3. The lowest BCUT2D eigenvalue weighted by Gasteiger charge is -2.22. The number of hydrogen-bond acceptors (Lipinski definition) is 9. The molecule has 2 N–H and O–H groups in total. The van der Waals surface area contributed by atoms with Gasteiger partial charge in [0.2, 0.25) is 5.89 Å². The van der Waals surface area contributed by atoms with Gasteiger partial charge in [-0.3, -0.25) is 9.19 Å². The van der Waals surface area contributed by atoms with Crippen LogP contribution in [-0.2, 0) is 22.8 Å². The molecule has 0 saturated heterocycles. The van der Waals surface area contributed by atoms with Crippen LogP contribution in [0.4, 0.5) is 0 Å². The Morgan fingerprint density at radius 2 is 2.23 bits per heavy atom. The van der Waals surface area contributed by atoms with Gasteiger partial charge in [0, 0.05) is 30.2 Å². The van der Waals surface area contributed by atoms with Crippen molar-refractivity contribution in [3.05, 3.63) is 40.3 Å². The topological polar surface area (TPSA) is 110 Å². The fourth-order valence-electron chi connectivity index (χ4n) is 3.28. The van der Waals surface area contributed by atoms with Crippen LogP contribution in [0.5, 0.6) is 0 Å². The number of aromatic nitrogens is 3. The van der Waals surface area contributed by atoms with Crippen molar-refractivity contribution in [2.24, 2.45) is 10.7 Å². The van der Waals surface area contributed by atoms with Gasteiger partial charge >= 0.3 is 0 Å². The third-order valence-corrected chi connectivity index (χ3v) is 8.09. The molecule has 0 spiro atoms. The Bertz CT molecular complexity index is 1130. The highest BCUT2D eigenvalue weighted by molar-refractivity contribution is 7.85. The first-order valence-electron chi connectivity index (χ1n) is 9.28. The highest BCUT2D eigenvalue weighted by atomic mass is 35.5. The Morgan fingerprint density at radius 3 is 2.93 bits per heavy atom. The predicted molar refractivity (Wildman–Crippen MR) is 120 cm³/mol. The van der Waals surface area contributed by atoms with E-state index in [9.17, 15) is 4.21 Å². The minimum Gasteiger partial charge on any atom is -0.433 e. The zero-order chi connectivity index (χ0) is 21.5. The molecular formula is C19H21ClN6O2S2. The van der Waals surface area contributed by atoms with E-state index < -0.39 is 16.3 Å². The van der Waals surface area contributed by atoms with Crippen molar-refractivity contribution >= 4 is 39.7 Å². The molecule has 0 radical (unpaired) electrons. The molecule has 11 heteroatoms. The molecular weight excluding hydrogens is 444 g/mol. The number of nitrogens with two attached hydrogens (primary N) is 1. The Kier molecular flexibility index (Phi) is 5.65. The molecule has 0 aliphatic carbocycles. The number of thiophene rings is 1. The van der Waals surface area contributed by atoms with Crippen molar-refractivity contribution in [1.82, 2.24) is 19.9 Å². The van der Waals surface area contributed by atoms with Gasteiger partial charge in [0.25, 0.3) is 0 Å². The SMILES string of the molecule is CCc1nc(-c2cc(Cl)c(C3(C)CS(=O)CN(C)C(N)=N3)s2)oc1-c1cnccn1. The normalized spacial score (nSPS) is 22.1. The number of rotatable bonds is 4. The van der Waals surface area contributed by atoms with Gasteiger partial charge in [0.1, 0.15) is 11.2 Å². The van der Waals surface area contributed by atoms with E-state index in [0.29, 0.717) is 46.4 Å². The summed E-state index contributed by atoms with van der Waals surface area (Å²) in [7, 11) is 0.652. The average molecular weight is 465 g/mol. The van der Waals surface area contributed by atoms with E-state index in [0.717, 1.165) is 15.4 Å². The van der Waals surface area contributed by atoms with Crippen LogP contribution in [0, 0.1) is 0 Å². The zero-order valence-corrected chi connectivity index (χ0v) is 19.1. The van der Waals surface area contributed by atoms with Crippen molar-refractivity contribution in [3.8, 4) is 22.2 Å². The van der Waals surface area contributed by atoms with Gasteiger partial charge in [0.15, 0.2) is 11.7 Å². The number of aliphatic imine (C=N–C) groups is 1. The zero-order valence-electron chi connectivity index (χ0n) is 16.8. The molecule has 2 atom stereocenters. The fraction of sp³-hybridized carbons (Fsp3) is 0.368. The third kappa shape index (κ3) is 3.86. The molecule has 8 nitrogen and oxygen atoms in total.